The Bertz CT molecular complexity index is 627. The third-order valence-corrected chi connectivity index (χ3v) is 2.99. The molecule has 1 aromatic carbocycles. The highest BCUT2D eigenvalue weighted by atomic mass is 35.5. The number of aliphatic hydroxyl groups is 1. The van der Waals surface area contributed by atoms with Crippen LogP contribution >= 0.6 is 11.6 Å². The molecule has 0 saturated heterocycles. The summed E-state index contributed by atoms with van der Waals surface area (Å²) in [5.74, 6) is 0.0645. The van der Waals surface area contributed by atoms with Crippen molar-refractivity contribution in [2.75, 3.05) is 0 Å². The predicted octanol–water partition coefficient (Wildman–Crippen LogP) is 1.45. The first kappa shape index (κ1) is 14.4. The Labute approximate surface area is 119 Å². The lowest BCUT2D eigenvalue weighted by molar-refractivity contribution is 0.233. The van der Waals surface area contributed by atoms with Crippen LogP contribution in [0.1, 0.15) is 22.5 Å². The zero-order valence-electron chi connectivity index (χ0n) is 10.7. The van der Waals surface area contributed by atoms with Gasteiger partial charge in [-0.2, -0.15) is 0 Å². The second kappa shape index (κ2) is 6.47. The fourth-order valence-electron chi connectivity index (χ4n) is 1.63. The molecule has 0 spiro atoms. The van der Waals surface area contributed by atoms with Crippen LogP contribution < -0.4 is 5.48 Å². The van der Waals surface area contributed by atoms with Gasteiger partial charge in [-0.15, -0.1) is 0 Å². The van der Waals surface area contributed by atoms with Crippen molar-refractivity contribution in [1.29, 1.82) is 0 Å². The Morgan fingerprint density at radius 2 is 2.25 bits per heavy atom. The molecule has 0 radical (unpaired) electrons. The first-order valence-corrected chi connectivity index (χ1v) is 6.15. The number of aliphatic hydroxyl groups excluding tert-OH is 1. The number of hydroxylamine groups is 1. The molecule has 106 valence electrons. The molecule has 7 nitrogen and oxygen atoms in total. The molecule has 0 aliphatic rings. The molecule has 8 heteroatoms. The van der Waals surface area contributed by atoms with E-state index in [-0.39, 0.29) is 30.4 Å². The van der Waals surface area contributed by atoms with Crippen LogP contribution in [0, 0.1) is 6.92 Å². The number of aryl methyl sites for hydroxylation is 1. The van der Waals surface area contributed by atoms with Gasteiger partial charge in [-0.1, -0.05) is 22.8 Å². The fourth-order valence-corrected chi connectivity index (χ4v) is 1.82. The molecule has 0 fully saturated rings. The average Bonchev–Trinajstić information content (AvgIpc) is 2.91. The van der Waals surface area contributed by atoms with Gasteiger partial charge in [-0.05, 0) is 35.3 Å². The molecule has 0 bridgehead atoms. The van der Waals surface area contributed by atoms with Crippen LogP contribution in [0.3, 0.4) is 0 Å². The number of rotatable bonds is 4. The van der Waals surface area contributed by atoms with E-state index in [1.807, 2.05) is 18.5 Å². The number of nitrogens with zero attached hydrogens (tertiary/aromatic N) is 3. The predicted molar refractivity (Wildman–Crippen MR) is 71.6 cm³/mol. The number of hydrogen-bond acceptors (Lipinski definition) is 6. The Morgan fingerprint density at radius 3 is 2.95 bits per heavy atom. The SMILES string of the molecule is Cc1ccc(Cl)cc1CN=C(NO)c1nonc1CO. The van der Waals surface area contributed by atoms with E-state index in [1.54, 1.807) is 12.1 Å². The molecule has 0 saturated carbocycles. The number of halogens is 1. The van der Waals surface area contributed by atoms with E-state index in [1.165, 1.54) is 0 Å². The molecule has 3 N–H and O–H groups in total. The van der Waals surface area contributed by atoms with Crippen LogP contribution in [0.25, 0.3) is 0 Å². The number of aliphatic imine (C=N–C) groups is 1. The topological polar surface area (TPSA) is 104 Å². The van der Waals surface area contributed by atoms with Gasteiger partial charge in [-0.25, -0.2) is 4.63 Å². The van der Waals surface area contributed by atoms with Gasteiger partial charge in [0.05, 0.1) is 13.2 Å². The van der Waals surface area contributed by atoms with Crippen molar-refractivity contribution >= 4 is 17.4 Å². The molecule has 20 heavy (non-hydrogen) atoms. The fraction of sp³-hybridized carbons (Fsp3) is 0.250. The summed E-state index contributed by atoms with van der Waals surface area (Å²) >= 11 is 5.93. The van der Waals surface area contributed by atoms with Crippen molar-refractivity contribution in [3.8, 4) is 0 Å². The van der Waals surface area contributed by atoms with E-state index in [9.17, 15) is 0 Å². The molecule has 0 atom stereocenters. The molecule has 0 aliphatic carbocycles. The van der Waals surface area contributed by atoms with Crippen molar-refractivity contribution in [3.63, 3.8) is 0 Å². The molecule has 0 amide bonds. The second-order valence-corrected chi connectivity index (χ2v) is 4.50. The molecule has 2 aromatic rings. The quantitative estimate of drug-likeness (QED) is 0.448. The summed E-state index contributed by atoms with van der Waals surface area (Å²) in [6.07, 6.45) is 0. The Morgan fingerprint density at radius 1 is 1.45 bits per heavy atom. The van der Waals surface area contributed by atoms with Gasteiger partial charge < -0.3 is 5.11 Å². The summed E-state index contributed by atoms with van der Waals surface area (Å²) < 4.78 is 4.50. The molecule has 2 rings (SSSR count). The van der Waals surface area contributed by atoms with Gasteiger partial charge in [0.2, 0.25) is 0 Å². The van der Waals surface area contributed by atoms with E-state index in [2.05, 4.69) is 19.9 Å². The van der Waals surface area contributed by atoms with Gasteiger partial charge in [0, 0.05) is 5.02 Å². The minimum Gasteiger partial charge on any atom is -0.390 e. The number of hydrogen-bond donors (Lipinski definition) is 3. The van der Waals surface area contributed by atoms with E-state index in [0.29, 0.717) is 5.02 Å². The van der Waals surface area contributed by atoms with E-state index in [4.69, 9.17) is 21.9 Å². The van der Waals surface area contributed by atoms with Crippen LogP contribution in [0.4, 0.5) is 0 Å². The van der Waals surface area contributed by atoms with Gasteiger partial charge in [0.25, 0.3) is 0 Å². The van der Waals surface area contributed by atoms with E-state index >= 15 is 0 Å². The van der Waals surface area contributed by atoms with Crippen molar-refractivity contribution in [2.24, 2.45) is 4.99 Å². The largest absolute Gasteiger partial charge is 0.390 e. The molecule has 0 aliphatic heterocycles. The second-order valence-electron chi connectivity index (χ2n) is 4.07. The van der Waals surface area contributed by atoms with E-state index in [0.717, 1.165) is 11.1 Å². The van der Waals surface area contributed by atoms with Gasteiger partial charge >= 0.3 is 0 Å². The van der Waals surface area contributed by atoms with Crippen LogP contribution in [-0.2, 0) is 13.2 Å². The highest BCUT2D eigenvalue weighted by molar-refractivity contribution is 6.30. The zero-order chi connectivity index (χ0) is 14.5. The van der Waals surface area contributed by atoms with Gasteiger partial charge in [-0.3, -0.25) is 15.7 Å². The lowest BCUT2D eigenvalue weighted by Crippen LogP contribution is -2.22. The number of aromatic nitrogens is 2. The Hall–Kier alpha value is -1.96. The number of amidine groups is 1. The highest BCUT2D eigenvalue weighted by Gasteiger charge is 2.15. The van der Waals surface area contributed by atoms with Gasteiger partial charge in [0.1, 0.15) is 5.69 Å². The third-order valence-electron chi connectivity index (χ3n) is 2.76. The minimum absolute atomic E-state index is 0.0645. The molecule has 0 unspecified atom stereocenters. The summed E-state index contributed by atoms with van der Waals surface area (Å²) in [7, 11) is 0. The highest BCUT2D eigenvalue weighted by Crippen LogP contribution is 2.16. The van der Waals surface area contributed by atoms with Crippen molar-refractivity contribution in [3.05, 3.63) is 45.7 Å². The van der Waals surface area contributed by atoms with Gasteiger partial charge in [0.15, 0.2) is 11.5 Å². The maximum Gasteiger partial charge on any atom is 0.177 e. The normalized spacial score (nSPS) is 11.7. The monoisotopic (exact) mass is 296 g/mol. The summed E-state index contributed by atoms with van der Waals surface area (Å²) in [4.78, 5) is 4.19. The summed E-state index contributed by atoms with van der Waals surface area (Å²) in [5.41, 5.74) is 4.21. The first-order valence-electron chi connectivity index (χ1n) is 5.78. The Balaban J connectivity index is 2.26. The molecule has 1 aromatic heterocycles. The number of nitrogens with one attached hydrogen (secondary N) is 1. The lowest BCUT2D eigenvalue weighted by atomic mass is 10.1. The average molecular weight is 297 g/mol. The molecule has 1 heterocycles. The van der Waals surface area contributed by atoms with Crippen molar-refractivity contribution < 1.29 is 14.9 Å². The maximum atomic E-state index is 9.12. The summed E-state index contributed by atoms with van der Waals surface area (Å²) in [6.45, 7) is 1.85. The Kier molecular flexibility index (Phi) is 4.67. The van der Waals surface area contributed by atoms with Crippen LogP contribution in [0.5, 0.6) is 0 Å². The van der Waals surface area contributed by atoms with Crippen LogP contribution in [-0.4, -0.2) is 26.5 Å². The third kappa shape index (κ3) is 3.13. The lowest BCUT2D eigenvalue weighted by Gasteiger charge is -2.05. The maximum absolute atomic E-state index is 9.12. The summed E-state index contributed by atoms with van der Waals surface area (Å²) in [6, 6.07) is 5.47. The first-order chi connectivity index (χ1) is 9.65. The van der Waals surface area contributed by atoms with Crippen molar-refractivity contribution in [2.45, 2.75) is 20.1 Å². The smallest absolute Gasteiger partial charge is 0.177 e. The minimum atomic E-state index is -0.365. The number of benzene rings is 1. The van der Waals surface area contributed by atoms with E-state index < -0.39 is 0 Å². The van der Waals surface area contributed by atoms with Crippen LogP contribution in [0.15, 0.2) is 27.8 Å². The van der Waals surface area contributed by atoms with Crippen LogP contribution in [0.2, 0.25) is 5.02 Å². The summed E-state index contributed by atoms with van der Waals surface area (Å²) in [5, 5.41) is 25.9. The van der Waals surface area contributed by atoms with Crippen molar-refractivity contribution in [1.82, 2.24) is 15.8 Å². The molecular formula is C12H13ClN4O3. The standard InChI is InChI=1S/C12H13ClN4O3/c1-7-2-3-9(13)4-8(7)5-14-12(15-19)11-10(6-18)16-20-17-11/h2-4,18-19H,5-6H2,1H3,(H,14,15). The molecular weight excluding hydrogens is 284 g/mol. The zero-order valence-corrected chi connectivity index (χ0v) is 11.4.